The molecule has 1 heterocycles. The summed E-state index contributed by atoms with van der Waals surface area (Å²) in [6.45, 7) is 7.81. The van der Waals surface area contributed by atoms with E-state index in [0.717, 1.165) is 17.1 Å². The minimum atomic E-state index is -0.302. The smallest absolute Gasteiger partial charge is 0.233 e. The van der Waals surface area contributed by atoms with E-state index in [2.05, 4.69) is 15.5 Å². The molecule has 0 saturated heterocycles. The van der Waals surface area contributed by atoms with Crippen LogP contribution in [0.5, 0.6) is 0 Å². The van der Waals surface area contributed by atoms with Crippen molar-refractivity contribution in [1.29, 1.82) is 0 Å². The number of aromatic nitrogens is 3. The first-order valence-electron chi connectivity index (χ1n) is 9.10. The lowest BCUT2D eigenvalue weighted by atomic mass is 10.1. The fraction of sp³-hybridized carbons (Fsp3) is 0.286. The molecule has 1 aromatic heterocycles. The predicted octanol–water partition coefficient (Wildman–Crippen LogP) is 4.90. The first kappa shape index (κ1) is 20.4. The normalized spacial score (nSPS) is 12.2. The molecule has 7 heteroatoms. The van der Waals surface area contributed by atoms with Gasteiger partial charge in [-0.2, -0.15) is 0 Å². The van der Waals surface area contributed by atoms with Crippen LogP contribution in [0.15, 0.2) is 53.7 Å². The molecule has 5 nitrogen and oxygen atoms in total. The molecule has 1 amide bonds. The molecule has 3 aromatic rings. The van der Waals surface area contributed by atoms with Gasteiger partial charge in [-0.3, -0.25) is 9.36 Å². The molecule has 0 aliphatic rings. The average Bonchev–Trinajstić information content (AvgIpc) is 3.06. The predicted molar refractivity (Wildman–Crippen MR) is 115 cm³/mol. The van der Waals surface area contributed by atoms with Crippen LogP contribution in [0.3, 0.4) is 0 Å². The summed E-state index contributed by atoms with van der Waals surface area (Å²) in [4.78, 5) is 12.4. The fourth-order valence-corrected chi connectivity index (χ4v) is 3.67. The summed E-state index contributed by atoms with van der Waals surface area (Å²) in [5.74, 6) is 0.698. The van der Waals surface area contributed by atoms with Gasteiger partial charge in [0, 0.05) is 22.3 Å². The van der Waals surface area contributed by atoms with Crippen molar-refractivity contribution in [2.24, 2.45) is 0 Å². The molecule has 0 fully saturated rings. The van der Waals surface area contributed by atoms with E-state index >= 15 is 0 Å². The van der Waals surface area contributed by atoms with Crippen LogP contribution >= 0.6 is 23.4 Å². The minimum Gasteiger partial charge on any atom is -0.353 e. The highest BCUT2D eigenvalue weighted by Gasteiger charge is 2.22. The molecule has 146 valence electrons. The highest BCUT2D eigenvalue weighted by molar-refractivity contribution is 8.00. The summed E-state index contributed by atoms with van der Waals surface area (Å²) in [7, 11) is 0. The standard InChI is InChI=1S/C21H23ClN4OS/c1-13(2)23-20(27)15(4)28-21-25-24-19(16-7-5-14(3)6-8-16)26(21)18-11-9-17(22)10-12-18/h5-13,15H,1-4H3,(H,23,27)/t15-/m0/s1. The highest BCUT2D eigenvalue weighted by Crippen LogP contribution is 2.30. The van der Waals surface area contributed by atoms with Crippen LogP contribution in [-0.4, -0.2) is 32.0 Å². The zero-order chi connectivity index (χ0) is 20.3. The third-order valence-electron chi connectivity index (χ3n) is 4.11. The molecule has 0 bridgehead atoms. The van der Waals surface area contributed by atoms with Gasteiger partial charge in [0.05, 0.1) is 5.25 Å². The van der Waals surface area contributed by atoms with E-state index in [1.54, 1.807) is 0 Å². The Kier molecular flexibility index (Phi) is 6.42. The van der Waals surface area contributed by atoms with Crippen LogP contribution in [0.25, 0.3) is 17.1 Å². The van der Waals surface area contributed by atoms with Crippen LogP contribution in [0.2, 0.25) is 5.02 Å². The molecule has 1 N–H and O–H groups in total. The summed E-state index contributed by atoms with van der Waals surface area (Å²) in [5, 5.41) is 12.7. The molecule has 0 aliphatic heterocycles. The van der Waals surface area contributed by atoms with Gasteiger partial charge in [-0.15, -0.1) is 10.2 Å². The fourth-order valence-electron chi connectivity index (χ4n) is 2.67. The topological polar surface area (TPSA) is 59.8 Å². The van der Waals surface area contributed by atoms with Gasteiger partial charge < -0.3 is 5.32 Å². The monoisotopic (exact) mass is 414 g/mol. The van der Waals surface area contributed by atoms with E-state index in [1.165, 1.54) is 17.3 Å². The van der Waals surface area contributed by atoms with Crippen molar-refractivity contribution >= 4 is 29.3 Å². The molecule has 0 saturated carbocycles. The molecular weight excluding hydrogens is 392 g/mol. The third kappa shape index (κ3) is 4.75. The molecule has 0 unspecified atom stereocenters. The lowest BCUT2D eigenvalue weighted by Gasteiger charge is -2.15. The first-order chi connectivity index (χ1) is 13.3. The lowest BCUT2D eigenvalue weighted by molar-refractivity contribution is -0.120. The Balaban J connectivity index is 2.01. The minimum absolute atomic E-state index is 0.0254. The number of carbonyl (C=O) groups excluding carboxylic acids is 1. The molecule has 0 radical (unpaired) electrons. The number of hydrogen-bond donors (Lipinski definition) is 1. The Morgan fingerprint density at radius 2 is 1.68 bits per heavy atom. The largest absolute Gasteiger partial charge is 0.353 e. The van der Waals surface area contributed by atoms with Crippen molar-refractivity contribution in [3.05, 3.63) is 59.1 Å². The summed E-state index contributed by atoms with van der Waals surface area (Å²) in [6.07, 6.45) is 0. The maximum atomic E-state index is 12.4. The van der Waals surface area contributed by atoms with Crippen LogP contribution in [0.4, 0.5) is 0 Å². The molecule has 1 atom stereocenters. The van der Waals surface area contributed by atoms with Crippen molar-refractivity contribution in [2.45, 2.75) is 44.1 Å². The van der Waals surface area contributed by atoms with Crippen molar-refractivity contribution in [3.8, 4) is 17.1 Å². The highest BCUT2D eigenvalue weighted by atomic mass is 35.5. The van der Waals surface area contributed by atoms with Gasteiger partial charge in [0.2, 0.25) is 5.91 Å². The number of carbonyl (C=O) groups is 1. The molecule has 2 aromatic carbocycles. The third-order valence-corrected chi connectivity index (χ3v) is 5.40. The quantitative estimate of drug-likeness (QED) is 0.582. The molecular formula is C21H23ClN4OS. The maximum Gasteiger partial charge on any atom is 0.233 e. The second kappa shape index (κ2) is 8.80. The zero-order valence-corrected chi connectivity index (χ0v) is 17.9. The summed E-state index contributed by atoms with van der Waals surface area (Å²) >= 11 is 7.45. The lowest BCUT2D eigenvalue weighted by Crippen LogP contribution is -2.36. The van der Waals surface area contributed by atoms with E-state index in [9.17, 15) is 4.79 Å². The number of thioether (sulfide) groups is 1. The zero-order valence-electron chi connectivity index (χ0n) is 16.3. The van der Waals surface area contributed by atoms with Crippen molar-refractivity contribution in [1.82, 2.24) is 20.1 Å². The van der Waals surface area contributed by atoms with Crippen molar-refractivity contribution in [3.63, 3.8) is 0 Å². The number of halogens is 1. The van der Waals surface area contributed by atoms with Crippen molar-refractivity contribution in [2.75, 3.05) is 0 Å². The number of hydrogen-bond acceptors (Lipinski definition) is 4. The van der Waals surface area contributed by atoms with Gasteiger partial charge >= 0.3 is 0 Å². The van der Waals surface area contributed by atoms with Crippen molar-refractivity contribution < 1.29 is 4.79 Å². The number of aryl methyl sites for hydroxylation is 1. The Bertz CT molecular complexity index is 952. The van der Waals surface area contributed by atoms with Gasteiger partial charge in [0.15, 0.2) is 11.0 Å². The second-order valence-electron chi connectivity index (χ2n) is 6.91. The summed E-state index contributed by atoms with van der Waals surface area (Å²) in [6, 6.07) is 15.7. The van der Waals surface area contributed by atoms with Gasteiger partial charge in [-0.25, -0.2) is 0 Å². The van der Waals surface area contributed by atoms with Crippen LogP contribution < -0.4 is 5.32 Å². The molecule has 0 spiro atoms. The van der Waals surface area contributed by atoms with E-state index < -0.39 is 0 Å². The van der Waals surface area contributed by atoms with Crippen LogP contribution in [0, 0.1) is 6.92 Å². The average molecular weight is 415 g/mol. The number of nitrogens with one attached hydrogen (secondary N) is 1. The molecule has 0 aliphatic carbocycles. The molecule has 28 heavy (non-hydrogen) atoms. The number of nitrogens with zero attached hydrogens (tertiary/aromatic N) is 3. The SMILES string of the molecule is Cc1ccc(-c2nnc(S[C@@H](C)C(=O)NC(C)C)n2-c2ccc(Cl)cc2)cc1. The van der Waals surface area contributed by atoms with Gasteiger partial charge in [-0.05, 0) is 52.0 Å². The number of benzene rings is 2. The number of amides is 1. The van der Waals surface area contributed by atoms with Gasteiger partial charge in [0.1, 0.15) is 0 Å². The van der Waals surface area contributed by atoms with Crippen LogP contribution in [0.1, 0.15) is 26.3 Å². The summed E-state index contributed by atoms with van der Waals surface area (Å²) < 4.78 is 1.96. The number of rotatable bonds is 6. The van der Waals surface area contributed by atoms with E-state index in [0.29, 0.717) is 10.2 Å². The van der Waals surface area contributed by atoms with E-state index in [4.69, 9.17) is 11.6 Å². The van der Waals surface area contributed by atoms with Gasteiger partial charge in [-0.1, -0.05) is 53.2 Å². The van der Waals surface area contributed by atoms with Crippen LogP contribution in [-0.2, 0) is 4.79 Å². The Hall–Kier alpha value is -2.31. The van der Waals surface area contributed by atoms with Gasteiger partial charge in [0.25, 0.3) is 0 Å². The maximum absolute atomic E-state index is 12.4. The van der Waals surface area contributed by atoms with E-state index in [1.807, 2.05) is 80.8 Å². The first-order valence-corrected chi connectivity index (χ1v) is 10.4. The summed E-state index contributed by atoms with van der Waals surface area (Å²) in [5.41, 5.74) is 3.03. The Labute approximate surface area is 174 Å². The Morgan fingerprint density at radius 3 is 2.29 bits per heavy atom. The molecule has 3 rings (SSSR count). The Morgan fingerprint density at radius 1 is 1.04 bits per heavy atom. The second-order valence-corrected chi connectivity index (χ2v) is 8.65. The van der Waals surface area contributed by atoms with E-state index in [-0.39, 0.29) is 17.2 Å².